The van der Waals surface area contributed by atoms with Crippen LogP contribution in [-0.4, -0.2) is 35.0 Å². The fourth-order valence-electron chi connectivity index (χ4n) is 1.23. The molecule has 1 rings (SSSR count). The van der Waals surface area contributed by atoms with Gasteiger partial charge >= 0.3 is 5.97 Å². The highest BCUT2D eigenvalue weighted by molar-refractivity contribution is 9.11. The monoisotopic (exact) mass is 329 g/mol. The highest BCUT2D eigenvalue weighted by atomic mass is 79.9. The van der Waals surface area contributed by atoms with E-state index in [2.05, 4.69) is 22.5 Å². The number of amides is 1. The van der Waals surface area contributed by atoms with Gasteiger partial charge in [0, 0.05) is 17.5 Å². The smallest absolute Gasteiger partial charge is 0.323 e. The van der Waals surface area contributed by atoms with E-state index < -0.39 is 5.97 Å². The second-order valence-corrected chi connectivity index (χ2v) is 5.87. The average molecular weight is 330 g/mol. The van der Waals surface area contributed by atoms with E-state index in [0.717, 1.165) is 8.66 Å². The topological polar surface area (TPSA) is 57.6 Å². The van der Waals surface area contributed by atoms with E-state index in [0.29, 0.717) is 0 Å². The SMILES string of the molecule is C=CCN(CC(=O)O)C(=O)C=Cc1ccc(Br)s1. The van der Waals surface area contributed by atoms with Gasteiger partial charge in [-0.15, -0.1) is 17.9 Å². The van der Waals surface area contributed by atoms with Gasteiger partial charge in [-0.3, -0.25) is 9.59 Å². The maximum Gasteiger partial charge on any atom is 0.323 e. The van der Waals surface area contributed by atoms with E-state index in [4.69, 9.17) is 5.11 Å². The van der Waals surface area contributed by atoms with Crippen LogP contribution in [0.25, 0.3) is 6.08 Å². The van der Waals surface area contributed by atoms with E-state index in [1.807, 2.05) is 12.1 Å². The number of carbonyl (C=O) groups excluding carboxylic acids is 1. The number of aliphatic carboxylic acids is 1. The van der Waals surface area contributed by atoms with Gasteiger partial charge in [-0.05, 0) is 34.1 Å². The zero-order valence-corrected chi connectivity index (χ0v) is 11.9. The molecule has 0 saturated heterocycles. The number of hydrogen-bond donors (Lipinski definition) is 1. The number of nitrogens with zero attached hydrogens (tertiary/aromatic N) is 1. The predicted octanol–water partition coefficient (Wildman–Crippen LogP) is 2.62. The van der Waals surface area contributed by atoms with E-state index in [-0.39, 0.29) is 19.0 Å². The zero-order valence-electron chi connectivity index (χ0n) is 9.51. The minimum atomic E-state index is -1.04. The first-order chi connectivity index (χ1) is 8.52. The van der Waals surface area contributed by atoms with Crippen molar-refractivity contribution in [3.05, 3.63) is 39.5 Å². The van der Waals surface area contributed by atoms with Crippen LogP contribution in [0.1, 0.15) is 4.88 Å². The normalized spacial score (nSPS) is 10.5. The number of carboxylic acid groups (broad SMARTS) is 1. The zero-order chi connectivity index (χ0) is 13.5. The minimum Gasteiger partial charge on any atom is -0.480 e. The highest BCUT2D eigenvalue weighted by Crippen LogP contribution is 2.22. The van der Waals surface area contributed by atoms with Crippen molar-refractivity contribution in [1.82, 2.24) is 4.90 Å². The Labute approximate surface area is 117 Å². The molecule has 0 spiro atoms. The standard InChI is InChI=1S/C12H12BrNO3S/c1-2-7-14(8-12(16)17)11(15)6-4-9-3-5-10(13)18-9/h2-6H,1,7-8H2,(H,16,17). The Bertz CT molecular complexity index is 481. The van der Waals surface area contributed by atoms with Gasteiger partial charge < -0.3 is 10.0 Å². The molecule has 0 aliphatic carbocycles. The summed E-state index contributed by atoms with van der Waals surface area (Å²) >= 11 is 4.82. The summed E-state index contributed by atoms with van der Waals surface area (Å²) in [4.78, 5) is 24.5. The van der Waals surface area contributed by atoms with Gasteiger partial charge in [-0.1, -0.05) is 6.08 Å². The van der Waals surface area contributed by atoms with Crippen LogP contribution >= 0.6 is 27.3 Å². The van der Waals surface area contributed by atoms with Crippen LogP contribution in [0.15, 0.2) is 34.7 Å². The predicted molar refractivity (Wildman–Crippen MR) is 75.5 cm³/mol. The Morgan fingerprint density at radius 1 is 1.50 bits per heavy atom. The molecule has 6 heteroatoms. The lowest BCUT2D eigenvalue weighted by atomic mass is 10.3. The van der Waals surface area contributed by atoms with Crippen molar-refractivity contribution in [2.24, 2.45) is 0 Å². The number of carboxylic acids is 1. The van der Waals surface area contributed by atoms with Gasteiger partial charge in [0.15, 0.2) is 0 Å². The molecule has 0 aromatic carbocycles. The maximum absolute atomic E-state index is 11.8. The molecule has 1 aromatic rings. The van der Waals surface area contributed by atoms with E-state index in [1.165, 1.54) is 28.4 Å². The molecular formula is C12H12BrNO3S. The summed E-state index contributed by atoms with van der Waals surface area (Å²) in [5.74, 6) is -1.39. The molecule has 0 unspecified atom stereocenters. The fourth-order valence-corrected chi connectivity index (χ4v) is 2.55. The molecular weight excluding hydrogens is 318 g/mol. The van der Waals surface area contributed by atoms with Crippen molar-refractivity contribution in [3.8, 4) is 0 Å². The summed E-state index contributed by atoms with van der Waals surface area (Å²) in [6, 6.07) is 3.75. The van der Waals surface area contributed by atoms with Crippen molar-refractivity contribution in [2.75, 3.05) is 13.1 Å². The van der Waals surface area contributed by atoms with Crippen LogP contribution in [0, 0.1) is 0 Å². The molecule has 1 heterocycles. The van der Waals surface area contributed by atoms with Crippen LogP contribution in [0.3, 0.4) is 0 Å². The van der Waals surface area contributed by atoms with Crippen LogP contribution in [0.2, 0.25) is 0 Å². The molecule has 18 heavy (non-hydrogen) atoms. The summed E-state index contributed by atoms with van der Waals surface area (Å²) in [6.45, 7) is 3.38. The lowest BCUT2D eigenvalue weighted by Crippen LogP contribution is -2.34. The Morgan fingerprint density at radius 3 is 2.72 bits per heavy atom. The number of rotatable bonds is 6. The largest absolute Gasteiger partial charge is 0.480 e. The van der Waals surface area contributed by atoms with Gasteiger partial charge in [0.2, 0.25) is 5.91 Å². The molecule has 96 valence electrons. The lowest BCUT2D eigenvalue weighted by Gasteiger charge is -2.16. The third-order valence-corrected chi connectivity index (χ3v) is 3.56. The summed E-state index contributed by atoms with van der Waals surface area (Å²) in [6.07, 6.45) is 4.52. The first-order valence-electron chi connectivity index (χ1n) is 5.08. The average Bonchev–Trinajstić information content (AvgIpc) is 2.71. The van der Waals surface area contributed by atoms with Crippen molar-refractivity contribution < 1.29 is 14.7 Å². The molecule has 0 aliphatic rings. The number of hydrogen-bond acceptors (Lipinski definition) is 3. The van der Waals surface area contributed by atoms with Crippen LogP contribution in [0.4, 0.5) is 0 Å². The van der Waals surface area contributed by atoms with Crippen molar-refractivity contribution in [1.29, 1.82) is 0 Å². The van der Waals surface area contributed by atoms with Crippen molar-refractivity contribution >= 4 is 45.2 Å². The Morgan fingerprint density at radius 2 is 2.22 bits per heavy atom. The lowest BCUT2D eigenvalue weighted by molar-refractivity contribution is -0.142. The molecule has 4 nitrogen and oxygen atoms in total. The molecule has 0 aliphatic heterocycles. The number of thiophene rings is 1. The summed E-state index contributed by atoms with van der Waals surface area (Å²) < 4.78 is 0.975. The van der Waals surface area contributed by atoms with E-state index in [1.54, 1.807) is 6.08 Å². The van der Waals surface area contributed by atoms with Crippen molar-refractivity contribution in [3.63, 3.8) is 0 Å². The summed E-state index contributed by atoms with van der Waals surface area (Å²) in [5.41, 5.74) is 0. The fraction of sp³-hybridized carbons (Fsp3) is 0.167. The molecule has 0 fully saturated rings. The second-order valence-electron chi connectivity index (χ2n) is 3.38. The van der Waals surface area contributed by atoms with Crippen LogP contribution in [-0.2, 0) is 9.59 Å². The highest BCUT2D eigenvalue weighted by Gasteiger charge is 2.12. The summed E-state index contributed by atoms with van der Waals surface area (Å²) in [5, 5.41) is 8.69. The van der Waals surface area contributed by atoms with Gasteiger partial charge in [0.1, 0.15) is 6.54 Å². The third-order valence-electron chi connectivity index (χ3n) is 1.97. The van der Waals surface area contributed by atoms with Gasteiger partial charge in [0.05, 0.1) is 3.79 Å². The quantitative estimate of drug-likeness (QED) is 0.644. The molecule has 1 aromatic heterocycles. The molecule has 0 saturated carbocycles. The second kappa shape index (κ2) is 7.13. The van der Waals surface area contributed by atoms with E-state index >= 15 is 0 Å². The Balaban J connectivity index is 2.68. The Hall–Kier alpha value is -1.40. The summed E-state index contributed by atoms with van der Waals surface area (Å²) in [7, 11) is 0. The molecule has 1 N–H and O–H groups in total. The molecule has 0 bridgehead atoms. The van der Waals surface area contributed by atoms with Gasteiger partial charge in [-0.25, -0.2) is 0 Å². The third kappa shape index (κ3) is 4.85. The molecule has 1 amide bonds. The number of halogens is 1. The van der Waals surface area contributed by atoms with Crippen molar-refractivity contribution in [2.45, 2.75) is 0 Å². The van der Waals surface area contributed by atoms with Gasteiger partial charge in [0.25, 0.3) is 0 Å². The molecule has 0 radical (unpaired) electrons. The van der Waals surface area contributed by atoms with Crippen LogP contribution in [0.5, 0.6) is 0 Å². The molecule has 0 atom stereocenters. The minimum absolute atomic E-state index is 0.212. The Kier molecular flexibility index (Phi) is 5.80. The first-order valence-corrected chi connectivity index (χ1v) is 6.69. The number of carbonyl (C=O) groups is 2. The van der Waals surface area contributed by atoms with E-state index in [9.17, 15) is 9.59 Å². The van der Waals surface area contributed by atoms with Crippen LogP contribution < -0.4 is 0 Å². The maximum atomic E-state index is 11.8. The van der Waals surface area contributed by atoms with Gasteiger partial charge in [-0.2, -0.15) is 0 Å². The first kappa shape index (κ1) is 14.7.